The van der Waals surface area contributed by atoms with Crippen LogP contribution in [0.25, 0.3) is 0 Å². The van der Waals surface area contributed by atoms with Gasteiger partial charge >= 0.3 is 5.97 Å². The van der Waals surface area contributed by atoms with E-state index >= 15 is 0 Å². The molecule has 2 aliphatic rings. The minimum absolute atomic E-state index is 0.0396. The number of esters is 1. The van der Waals surface area contributed by atoms with Crippen LogP contribution in [-0.2, 0) is 24.3 Å². The maximum absolute atomic E-state index is 13.1. The van der Waals surface area contributed by atoms with Crippen LogP contribution in [0.15, 0.2) is 24.3 Å². The summed E-state index contributed by atoms with van der Waals surface area (Å²) >= 11 is 0. The number of fused-ring (bicyclic) bond motifs is 1. The van der Waals surface area contributed by atoms with Crippen molar-refractivity contribution in [2.24, 2.45) is 5.92 Å². The molecule has 1 fully saturated rings. The zero-order valence-electron chi connectivity index (χ0n) is 14.8. The third-order valence-electron chi connectivity index (χ3n) is 4.71. The van der Waals surface area contributed by atoms with Gasteiger partial charge < -0.3 is 14.4 Å². The molecule has 8 nitrogen and oxygen atoms in total. The van der Waals surface area contributed by atoms with E-state index in [1.165, 1.54) is 16.3 Å². The molecule has 0 radical (unpaired) electrons. The third kappa shape index (κ3) is 3.68. The van der Waals surface area contributed by atoms with Crippen molar-refractivity contribution in [3.8, 4) is 5.75 Å². The molecule has 0 bridgehead atoms. The van der Waals surface area contributed by atoms with Crippen molar-refractivity contribution in [3.63, 3.8) is 0 Å². The quantitative estimate of drug-likeness (QED) is 0.712. The molecule has 3 rings (SSSR count). The molecule has 2 atom stereocenters. The number of hydrogen-bond donors (Lipinski definition) is 0. The molecular formula is C17H22N2O6S. The molecule has 0 spiro atoms. The third-order valence-corrected chi connectivity index (χ3v) is 5.98. The van der Waals surface area contributed by atoms with Crippen molar-refractivity contribution >= 4 is 27.6 Å². The molecule has 0 aromatic heterocycles. The van der Waals surface area contributed by atoms with Crippen molar-refractivity contribution < 1.29 is 27.5 Å². The molecule has 0 N–H and O–H groups in total. The average Bonchev–Trinajstić information content (AvgIpc) is 2.65. The summed E-state index contributed by atoms with van der Waals surface area (Å²) in [4.78, 5) is 26.6. The predicted octanol–water partition coefficient (Wildman–Crippen LogP) is 0.625. The highest BCUT2D eigenvalue weighted by Gasteiger charge is 2.39. The zero-order valence-corrected chi connectivity index (χ0v) is 15.6. The number of methoxy groups -OCH3 is 1. The number of piperidine rings is 1. The summed E-state index contributed by atoms with van der Waals surface area (Å²) in [6.45, 7) is 0.616. The second kappa shape index (κ2) is 7.24. The summed E-state index contributed by atoms with van der Waals surface area (Å²) < 4.78 is 35.4. The number of nitrogens with zero attached hydrogens (tertiary/aromatic N) is 2. The van der Waals surface area contributed by atoms with E-state index < -0.39 is 28.0 Å². The Morgan fingerprint density at radius 2 is 1.96 bits per heavy atom. The van der Waals surface area contributed by atoms with Gasteiger partial charge in [-0.3, -0.25) is 4.79 Å². The maximum atomic E-state index is 13.1. The van der Waals surface area contributed by atoms with Crippen LogP contribution in [0.3, 0.4) is 0 Å². The van der Waals surface area contributed by atoms with Gasteiger partial charge in [0.1, 0.15) is 5.75 Å². The van der Waals surface area contributed by atoms with Gasteiger partial charge in [-0.15, -0.1) is 0 Å². The second-order valence-corrected chi connectivity index (χ2v) is 8.49. The second-order valence-electron chi connectivity index (χ2n) is 6.51. The van der Waals surface area contributed by atoms with Gasteiger partial charge in [0.15, 0.2) is 0 Å². The summed E-state index contributed by atoms with van der Waals surface area (Å²) in [6.07, 6.45) is 1.47. The van der Waals surface area contributed by atoms with Crippen LogP contribution in [0.1, 0.15) is 12.8 Å². The lowest BCUT2D eigenvalue weighted by Gasteiger charge is -2.37. The van der Waals surface area contributed by atoms with E-state index in [9.17, 15) is 18.0 Å². The Hall–Kier alpha value is -2.13. The number of hydrogen-bond acceptors (Lipinski definition) is 6. The Morgan fingerprint density at radius 3 is 2.65 bits per heavy atom. The minimum Gasteiger partial charge on any atom is -0.475 e. The molecule has 1 aromatic carbocycles. The van der Waals surface area contributed by atoms with Gasteiger partial charge in [0.25, 0.3) is 0 Å². The fraction of sp³-hybridized carbons (Fsp3) is 0.529. The first-order valence-corrected chi connectivity index (χ1v) is 10.3. The van der Waals surface area contributed by atoms with Crippen LogP contribution in [0.4, 0.5) is 5.69 Å². The van der Waals surface area contributed by atoms with E-state index in [1.807, 2.05) is 0 Å². The number of carbonyl (C=O) groups excluding carboxylic acids is 2. The van der Waals surface area contributed by atoms with E-state index in [-0.39, 0.29) is 19.0 Å². The van der Waals surface area contributed by atoms with Crippen LogP contribution >= 0.6 is 0 Å². The average molecular weight is 382 g/mol. The highest BCUT2D eigenvalue weighted by molar-refractivity contribution is 7.88. The normalized spacial score (nSPS) is 23.7. The predicted molar refractivity (Wildman–Crippen MR) is 94.4 cm³/mol. The van der Waals surface area contributed by atoms with Gasteiger partial charge in [-0.25, -0.2) is 17.5 Å². The molecule has 1 amide bonds. The Bertz CT molecular complexity index is 809. The molecule has 2 aliphatic heterocycles. The number of carbonyl (C=O) groups is 2. The van der Waals surface area contributed by atoms with E-state index in [4.69, 9.17) is 9.47 Å². The molecule has 1 aromatic rings. The first-order chi connectivity index (χ1) is 12.3. The van der Waals surface area contributed by atoms with Crippen molar-refractivity contribution in [2.75, 3.05) is 37.9 Å². The number of benzene rings is 1. The van der Waals surface area contributed by atoms with Crippen LogP contribution < -0.4 is 9.64 Å². The summed E-state index contributed by atoms with van der Waals surface area (Å²) in [5.74, 6) is -0.789. The summed E-state index contributed by atoms with van der Waals surface area (Å²) in [6, 6.07) is 6.98. The van der Waals surface area contributed by atoms with Gasteiger partial charge in [-0.1, -0.05) is 12.1 Å². The molecule has 0 aliphatic carbocycles. The van der Waals surface area contributed by atoms with Crippen LogP contribution in [-0.4, -0.2) is 63.7 Å². The standard InChI is InChI=1S/C17H22N2O6S/c1-24-17(21)15-11-19(13-7-3-4-8-14(13)25-15)16(20)12-6-5-9-18(10-12)26(2,22)23/h3-4,7-8,12,15H,5-6,9-11H2,1-2H3/t12-,15+/m1/s1. The smallest absolute Gasteiger partial charge is 0.348 e. The Kier molecular flexibility index (Phi) is 5.19. The number of para-hydroxylation sites is 2. The lowest BCUT2D eigenvalue weighted by molar-refractivity contribution is -0.148. The first kappa shape index (κ1) is 18.7. The number of sulfonamides is 1. The van der Waals surface area contributed by atoms with Crippen molar-refractivity contribution in [2.45, 2.75) is 18.9 Å². The molecule has 2 heterocycles. The van der Waals surface area contributed by atoms with Crippen molar-refractivity contribution in [3.05, 3.63) is 24.3 Å². The highest BCUT2D eigenvalue weighted by atomic mass is 32.2. The van der Waals surface area contributed by atoms with Gasteiger partial charge in [0.2, 0.25) is 22.0 Å². The van der Waals surface area contributed by atoms with Gasteiger partial charge in [0, 0.05) is 13.1 Å². The van der Waals surface area contributed by atoms with E-state index in [1.54, 1.807) is 24.3 Å². The topological polar surface area (TPSA) is 93.2 Å². The van der Waals surface area contributed by atoms with Gasteiger partial charge in [-0.05, 0) is 25.0 Å². The van der Waals surface area contributed by atoms with Crippen LogP contribution in [0, 0.1) is 5.92 Å². The molecule has 9 heteroatoms. The molecule has 0 unspecified atom stereocenters. The summed E-state index contributed by atoms with van der Waals surface area (Å²) in [5, 5.41) is 0. The highest BCUT2D eigenvalue weighted by Crippen LogP contribution is 2.35. The van der Waals surface area contributed by atoms with E-state index in [0.717, 1.165) is 6.26 Å². The minimum atomic E-state index is -3.35. The monoisotopic (exact) mass is 382 g/mol. The zero-order chi connectivity index (χ0) is 18.9. The SMILES string of the molecule is COC(=O)[C@@H]1CN(C(=O)[C@@H]2CCCN(S(C)(=O)=O)C2)c2ccccc2O1. The number of anilines is 1. The van der Waals surface area contributed by atoms with Crippen molar-refractivity contribution in [1.29, 1.82) is 0 Å². The lowest BCUT2D eigenvalue weighted by Crippen LogP contribution is -2.52. The first-order valence-electron chi connectivity index (χ1n) is 8.41. The van der Waals surface area contributed by atoms with E-state index in [2.05, 4.69) is 0 Å². The lowest BCUT2D eigenvalue weighted by atomic mass is 9.97. The number of amides is 1. The van der Waals surface area contributed by atoms with E-state index in [0.29, 0.717) is 30.8 Å². The Balaban J connectivity index is 1.86. The molecular weight excluding hydrogens is 360 g/mol. The largest absolute Gasteiger partial charge is 0.475 e. The fourth-order valence-corrected chi connectivity index (χ4v) is 4.27. The van der Waals surface area contributed by atoms with Crippen LogP contribution in [0.5, 0.6) is 5.75 Å². The summed E-state index contributed by atoms with van der Waals surface area (Å²) in [5.41, 5.74) is 0.578. The van der Waals surface area contributed by atoms with Crippen LogP contribution in [0.2, 0.25) is 0 Å². The summed E-state index contributed by atoms with van der Waals surface area (Å²) in [7, 11) is -2.08. The number of ether oxygens (including phenoxy) is 2. The molecule has 142 valence electrons. The molecule has 1 saturated heterocycles. The van der Waals surface area contributed by atoms with Crippen molar-refractivity contribution in [1.82, 2.24) is 4.31 Å². The van der Waals surface area contributed by atoms with Gasteiger partial charge in [0.05, 0.1) is 31.5 Å². The Morgan fingerprint density at radius 1 is 1.23 bits per heavy atom. The maximum Gasteiger partial charge on any atom is 0.348 e. The number of rotatable bonds is 3. The Labute approximate surface area is 152 Å². The fourth-order valence-electron chi connectivity index (χ4n) is 3.36. The van der Waals surface area contributed by atoms with Gasteiger partial charge in [-0.2, -0.15) is 0 Å². The molecule has 0 saturated carbocycles. The molecule has 26 heavy (non-hydrogen) atoms.